The Labute approximate surface area is 74.9 Å². The molecule has 0 spiro atoms. The Bertz CT molecular complexity index is 165. The Hall–Kier alpha value is -0.370. The molecule has 1 saturated carbocycles. The highest BCUT2D eigenvalue weighted by molar-refractivity contribution is 5.82. The van der Waals surface area contributed by atoms with Crippen molar-refractivity contribution in [3.63, 3.8) is 0 Å². The SMILES string of the molecule is C[C@@H]1CC[C@@H](CN(C)C)C(=O)C1. The lowest BCUT2D eigenvalue weighted by molar-refractivity contribution is -0.126. The molecule has 0 aromatic carbocycles. The van der Waals surface area contributed by atoms with Crippen molar-refractivity contribution < 1.29 is 4.79 Å². The number of carbonyl (C=O) groups is 1. The number of ketones is 1. The lowest BCUT2D eigenvalue weighted by atomic mass is 9.82. The van der Waals surface area contributed by atoms with Gasteiger partial charge in [0.1, 0.15) is 5.78 Å². The van der Waals surface area contributed by atoms with Crippen molar-refractivity contribution in [3.8, 4) is 0 Å². The molecule has 1 fully saturated rings. The van der Waals surface area contributed by atoms with Crippen molar-refractivity contribution in [1.29, 1.82) is 0 Å². The zero-order valence-electron chi connectivity index (χ0n) is 8.34. The van der Waals surface area contributed by atoms with Crippen LogP contribution in [0.5, 0.6) is 0 Å². The van der Waals surface area contributed by atoms with Crippen molar-refractivity contribution in [1.82, 2.24) is 4.90 Å². The first-order valence-corrected chi connectivity index (χ1v) is 4.77. The van der Waals surface area contributed by atoms with E-state index < -0.39 is 0 Å². The summed E-state index contributed by atoms with van der Waals surface area (Å²) in [6.07, 6.45) is 3.13. The van der Waals surface area contributed by atoms with Crippen molar-refractivity contribution in [3.05, 3.63) is 0 Å². The molecule has 0 unspecified atom stereocenters. The molecule has 1 aliphatic carbocycles. The van der Waals surface area contributed by atoms with Crippen LogP contribution in [0.2, 0.25) is 0 Å². The largest absolute Gasteiger partial charge is 0.309 e. The molecule has 12 heavy (non-hydrogen) atoms. The van der Waals surface area contributed by atoms with Gasteiger partial charge < -0.3 is 4.90 Å². The van der Waals surface area contributed by atoms with Crippen LogP contribution in [0.1, 0.15) is 26.2 Å². The first-order chi connectivity index (χ1) is 5.59. The summed E-state index contributed by atoms with van der Waals surface area (Å²) in [6.45, 7) is 3.11. The summed E-state index contributed by atoms with van der Waals surface area (Å²) >= 11 is 0. The Morgan fingerprint density at radius 2 is 2.08 bits per heavy atom. The molecule has 0 aliphatic heterocycles. The smallest absolute Gasteiger partial charge is 0.137 e. The molecule has 0 N–H and O–H groups in total. The molecule has 0 aromatic heterocycles. The average molecular weight is 169 g/mol. The number of Topliss-reactive ketones (excluding diaryl/α,β-unsaturated/α-hetero) is 1. The summed E-state index contributed by atoms with van der Waals surface area (Å²) < 4.78 is 0. The minimum Gasteiger partial charge on any atom is -0.309 e. The average Bonchev–Trinajstić information content (AvgIpc) is 1.94. The maximum absolute atomic E-state index is 11.5. The molecule has 2 heteroatoms. The van der Waals surface area contributed by atoms with E-state index in [-0.39, 0.29) is 0 Å². The normalized spacial score (nSPS) is 31.2. The second kappa shape index (κ2) is 4.04. The van der Waals surface area contributed by atoms with Crippen molar-refractivity contribution >= 4 is 5.78 Å². The van der Waals surface area contributed by atoms with E-state index in [4.69, 9.17) is 0 Å². The van der Waals surface area contributed by atoms with Crippen LogP contribution in [-0.2, 0) is 4.79 Å². The summed E-state index contributed by atoms with van der Waals surface area (Å²) in [7, 11) is 4.07. The maximum atomic E-state index is 11.5. The van der Waals surface area contributed by atoms with Gasteiger partial charge in [0, 0.05) is 18.9 Å². The molecule has 2 atom stereocenters. The molecule has 1 rings (SSSR count). The van der Waals surface area contributed by atoms with Gasteiger partial charge in [-0.1, -0.05) is 6.92 Å². The summed E-state index contributed by atoms with van der Waals surface area (Å²) in [4.78, 5) is 13.6. The van der Waals surface area contributed by atoms with Gasteiger partial charge in [-0.2, -0.15) is 0 Å². The lowest BCUT2D eigenvalue weighted by Gasteiger charge is -2.26. The molecular formula is C10H19NO. The number of carbonyl (C=O) groups excluding carboxylic acids is 1. The van der Waals surface area contributed by atoms with Crippen LogP contribution in [0.3, 0.4) is 0 Å². The molecule has 70 valence electrons. The molecule has 0 heterocycles. The van der Waals surface area contributed by atoms with Crippen LogP contribution < -0.4 is 0 Å². The fraction of sp³-hybridized carbons (Fsp3) is 0.900. The maximum Gasteiger partial charge on any atom is 0.137 e. The number of hydrogen-bond donors (Lipinski definition) is 0. The van der Waals surface area contributed by atoms with Gasteiger partial charge in [0.2, 0.25) is 0 Å². The van der Waals surface area contributed by atoms with E-state index in [2.05, 4.69) is 11.8 Å². The Balaban J connectivity index is 2.40. The third kappa shape index (κ3) is 2.59. The zero-order chi connectivity index (χ0) is 9.14. The van der Waals surface area contributed by atoms with E-state index in [1.807, 2.05) is 14.1 Å². The monoisotopic (exact) mass is 169 g/mol. The van der Waals surface area contributed by atoms with Crippen LogP contribution in [0.15, 0.2) is 0 Å². The van der Waals surface area contributed by atoms with E-state index in [1.54, 1.807) is 0 Å². The van der Waals surface area contributed by atoms with Crippen LogP contribution in [0, 0.1) is 11.8 Å². The third-order valence-electron chi connectivity index (χ3n) is 2.60. The highest BCUT2D eigenvalue weighted by Crippen LogP contribution is 2.25. The Morgan fingerprint density at radius 1 is 1.42 bits per heavy atom. The van der Waals surface area contributed by atoms with Crippen LogP contribution in [0.25, 0.3) is 0 Å². The molecule has 2 nitrogen and oxygen atoms in total. The van der Waals surface area contributed by atoms with Crippen molar-refractivity contribution in [2.45, 2.75) is 26.2 Å². The quantitative estimate of drug-likeness (QED) is 0.625. The zero-order valence-corrected chi connectivity index (χ0v) is 8.34. The third-order valence-corrected chi connectivity index (χ3v) is 2.60. The minimum atomic E-state index is 0.316. The molecule has 1 aliphatic rings. The summed E-state index contributed by atoms with van der Waals surface area (Å²) in [5, 5.41) is 0. The number of rotatable bonds is 2. The van der Waals surface area contributed by atoms with Gasteiger partial charge in [0.05, 0.1) is 0 Å². The van der Waals surface area contributed by atoms with Crippen LogP contribution in [0.4, 0.5) is 0 Å². The van der Waals surface area contributed by atoms with E-state index in [1.165, 1.54) is 6.42 Å². The molecule has 0 radical (unpaired) electrons. The predicted molar refractivity (Wildman–Crippen MR) is 50.1 cm³/mol. The fourth-order valence-corrected chi connectivity index (χ4v) is 1.89. The summed E-state index contributed by atoms with van der Waals surface area (Å²) in [5.41, 5.74) is 0. The number of nitrogens with zero attached hydrogens (tertiary/aromatic N) is 1. The van der Waals surface area contributed by atoms with Crippen molar-refractivity contribution in [2.24, 2.45) is 11.8 Å². The highest BCUT2D eigenvalue weighted by Gasteiger charge is 2.26. The standard InChI is InChI=1S/C10H19NO/c1-8-4-5-9(7-11(2)3)10(12)6-8/h8-9H,4-7H2,1-3H3/t8-,9+/m1/s1. The Kier molecular flexibility index (Phi) is 3.27. The van der Waals surface area contributed by atoms with E-state index in [9.17, 15) is 4.79 Å². The Morgan fingerprint density at radius 3 is 2.58 bits per heavy atom. The van der Waals surface area contributed by atoms with Gasteiger partial charge in [-0.15, -0.1) is 0 Å². The van der Waals surface area contributed by atoms with E-state index in [0.29, 0.717) is 17.6 Å². The van der Waals surface area contributed by atoms with Gasteiger partial charge in [0.15, 0.2) is 0 Å². The van der Waals surface area contributed by atoms with Gasteiger partial charge in [-0.25, -0.2) is 0 Å². The second-order valence-corrected chi connectivity index (χ2v) is 4.31. The van der Waals surface area contributed by atoms with E-state index in [0.717, 1.165) is 19.4 Å². The molecular weight excluding hydrogens is 150 g/mol. The molecule has 0 saturated heterocycles. The lowest BCUT2D eigenvalue weighted by Crippen LogP contribution is -2.32. The van der Waals surface area contributed by atoms with Gasteiger partial charge in [-0.05, 0) is 32.9 Å². The van der Waals surface area contributed by atoms with Crippen LogP contribution >= 0.6 is 0 Å². The topological polar surface area (TPSA) is 20.3 Å². The summed E-state index contributed by atoms with van der Waals surface area (Å²) in [6, 6.07) is 0. The number of hydrogen-bond acceptors (Lipinski definition) is 2. The molecule has 0 amide bonds. The molecule has 0 aromatic rings. The van der Waals surface area contributed by atoms with Gasteiger partial charge in [-0.3, -0.25) is 4.79 Å². The van der Waals surface area contributed by atoms with Gasteiger partial charge in [0.25, 0.3) is 0 Å². The van der Waals surface area contributed by atoms with E-state index >= 15 is 0 Å². The highest BCUT2D eigenvalue weighted by atomic mass is 16.1. The van der Waals surface area contributed by atoms with Gasteiger partial charge >= 0.3 is 0 Å². The second-order valence-electron chi connectivity index (χ2n) is 4.31. The van der Waals surface area contributed by atoms with Crippen LogP contribution in [-0.4, -0.2) is 31.3 Å². The fourth-order valence-electron chi connectivity index (χ4n) is 1.89. The summed E-state index contributed by atoms with van der Waals surface area (Å²) in [5.74, 6) is 1.41. The first kappa shape index (κ1) is 9.72. The minimum absolute atomic E-state index is 0.316. The predicted octanol–water partition coefficient (Wildman–Crippen LogP) is 1.55. The first-order valence-electron chi connectivity index (χ1n) is 4.77. The molecule has 0 bridgehead atoms. The van der Waals surface area contributed by atoms with Crippen molar-refractivity contribution in [2.75, 3.05) is 20.6 Å².